The van der Waals surface area contributed by atoms with Crippen LogP contribution in [0, 0.1) is 0 Å². The number of hydrogen-bond donors (Lipinski definition) is 3. The number of ketones is 1. The molecule has 0 aliphatic rings. The van der Waals surface area contributed by atoms with Gasteiger partial charge < -0.3 is 15.7 Å². The number of carbonyl (C=O) groups is 1. The van der Waals surface area contributed by atoms with Crippen molar-refractivity contribution in [2.45, 2.75) is 51.5 Å². The highest BCUT2D eigenvalue weighted by molar-refractivity contribution is 5.94. The number of aromatic amines is 2. The quantitative estimate of drug-likeness (QED) is 0.361. The number of hydrogen-bond acceptors (Lipinski definition) is 5. The Morgan fingerprint density at radius 2 is 2.08 bits per heavy atom. The molecule has 0 aliphatic carbocycles. The molecule has 0 bridgehead atoms. The van der Waals surface area contributed by atoms with Crippen LogP contribution in [-0.4, -0.2) is 35.7 Å². The van der Waals surface area contributed by atoms with Crippen LogP contribution in [0.15, 0.2) is 30.7 Å². The van der Waals surface area contributed by atoms with E-state index >= 15 is 0 Å². The van der Waals surface area contributed by atoms with Crippen molar-refractivity contribution in [3.8, 4) is 0 Å². The zero-order valence-electron chi connectivity index (χ0n) is 14.8. The van der Waals surface area contributed by atoms with Gasteiger partial charge in [0.1, 0.15) is 0 Å². The summed E-state index contributed by atoms with van der Waals surface area (Å²) >= 11 is 0. The maximum atomic E-state index is 11.9. The molecule has 0 saturated heterocycles. The van der Waals surface area contributed by atoms with E-state index in [0.29, 0.717) is 24.6 Å². The molecule has 0 aliphatic heterocycles. The van der Waals surface area contributed by atoms with Gasteiger partial charge in [-0.2, -0.15) is 0 Å². The molecule has 3 heterocycles. The minimum Gasteiger partial charge on any atom is -0.369 e. The number of aryl methyl sites for hydroxylation is 3. The lowest BCUT2D eigenvalue weighted by molar-refractivity contribution is 0.0974. The number of nitrogens with zero attached hydrogens (tertiary/aromatic N) is 4. The molecule has 0 radical (unpaired) electrons. The number of H-pyrrole nitrogens is 2. The van der Waals surface area contributed by atoms with E-state index in [1.165, 1.54) is 0 Å². The van der Waals surface area contributed by atoms with Gasteiger partial charge >= 0.3 is 0 Å². The molecule has 3 aromatic rings. The second-order valence-electron chi connectivity index (χ2n) is 6.44. The summed E-state index contributed by atoms with van der Waals surface area (Å²) in [6, 6.07) is 3.64. The minimum absolute atomic E-state index is 0.134. The van der Waals surface area contributed by atoms with Crippen LogP contribution in [0.2, 0.25) is 0 Å². The van der Waals surface area contributed by atoms with Crippen molar-refractivity contribution < 1.29 is 4.79 Å². The average molecular weight is 355 g/mol. The first kappa shape index (κ1) is 17.9. The number of Topliss-reactive ketones (excluding diaryl/α,β-unsaturated/α-hetero) is 1. The summed E-state index contributed by atoms with van der Waals surface area (Å²) < 4.78 is 1.82. The standard InChI is InChI=1S/C18H25N7O/c19-18-21-12-14(22-18)6-2-1-3-7-15-13-25(24-23-15)11-5-9-17(26)16-8-4-10-20-16/h4,8,10,12-13,20H,1-3,5-7,9,11H2,(H3,19,21,22). The fourth-order valence-electron chi connectivity index (χ4n) is 2.90. The third-order valence-corrected chi connectivity index (χ3v) is 4.30. The Morgan fingerprint density at radius 3 is 2.85 bits per heavy atom. The molecule has 138 valence electrons. The van der Waals surface area contributed by atoms with Crippen molar-refractivity contribution in [1.29, 1.82) is 0 Å². The van der Waals surface area contributed by atoms with Gasteiger partial charge in [-0.15, -0.1) is 5.10 Å². The summed E-state index contributed by atoms with van der Waals surface area (Å²) in [5.74, 6) is 0.612. The van der Waals surface area contributed by atoms with Gasteiger partial charge in [-0.3, -0.25) is 9.48 Å². The van der Waals surface area contributed by atoms with Crippen LogP contribution < -0.4 is 5.73 Å². The van der Waals surface area contributed by atoms with Crippen LogP contribution in [-0.2, 0) is 19.4 Å². The molecule has 3 aromatic heterocycles. The third-order valence-electron chi connectivity index (χ3n) is 4.30. The van der Waals surface area contributed by atoms with E-state index in [1.807, 2.05) is 16.9 Å². The van der Waals surface area contributed by atoms with Crippen LogP contribution in [0.25, 0.3) is 0 Å². The molecule has 0 saturated carbocycles. The number of nitrogens with two attached hydrogens (primary N) is 1. The Bertz CT molecular complexity index is 803. The van der Waals surface area contributed by atoms with Crippen molar-refractivity contribution in [3.05, 3.63) is 47.8 Å². The zero-order chi connectivity index (χ0) is 18.2. The highest BCUT2D eigenvalue weighted by Crippen LogP contribution is 2.09. The molecule has 8 nitrogen and oxygen atoms in total. The van der Waals surface area contributed by atoms with Crippen LogP contribution in [0.3, 0.4) is 0 Å². The largest absolute Gasteiger partial charge is 0.369 e. The SMILES string of the molecule is Nc1ncc(CCCCCc2cn(CCCC(=O)c3ccc[nH]3)nn2)[nH]1. The van der Waals surface area contributed by atoms with Crippen molar-refractivity contribution in [1.82, 2.24) is 29.9 Å². The number of aromatic nitrogens is 6. The number of nitrogen functional groups attached to an aromatic ring is 1. The third kappa shape index (κ3) is 5.30. The van der Waals surface area contributed by atoms with Crippen molar-refractivity contribution in [2.75, 3.05) is 5.73 Å². The monoisotopic (exact) mass is 355 g/mol. The zero-order valence-corrected chi connectivity index (χ0v) is 14.8. The van der Waals surface area contributed by atoms with E-state index in [0.717, 1.165) is 49.9 Å². The smallest absolute Gasteiger partial charge is 0.197 e. The lowest BCUT2D eigenvalue weighted by Gasteiger charge is -2.00. The number of nitrogens with one attached hydrogen (secondary N) is 2. The molecular weight excluding hydrogens is 330 g/mol. The van der Waals surface area contributed by atoms with Crippen LogP contribution in [0.5, 0.6) is 0 Å². The Morgan fingerprint density at radius 1 is 1.19 bits per heavy atom. The number of unbranched alkanes of at least 4 members (excludes halogenated alkanes) is 2. The van der Waals surface area contributed by atoms with E-state index in [4.69, 9.17) is 5.73 Å². The molecule has 3 rings (SSSR count). The number of imidazole rings is 1. The lowest BCUT2D eigenvalue weighted by atomic mass is 10.1. The maximum absolute atomic E-state index is 11.9. The van der Waals surface area contributed by atoms with Gasteiger partial charge in [0.15, 0.2) is 11.7 Å². The number of carbonyl (C=O) groups excluding carboxylic acids is 1. The van der Waals surface area contributed by atoms with E-state index < -0.39 is 0 Å². The van der Waals surface area contributed by atoms with Gasteiger partial charge in [0, 0.05) is 31.1 Å². The van der Waals surface area contributed by atoms with Gasteiger partial charge in [-0.1, -0.05) is 11.6 Å². The summed E-state index contributed by atoms with van der Waals surface area (Å²) in [5, 5.41) is 8.36. The fraction of sp³-hybridized carbons (Fsp3) is 0.444. The second kappa shape index (κ2) is 8.98. The molecule has 0 spiro atoms. The summed E-state index contributed by atoms with van der Waals surface area (Å²) in [4.78, 5) is 21.9. The first-order valence-corrected chi connectivity index (χ1v) is 9.05. The lowest BCUT2D eigenvalue weighted by Crippen LogP contribution is -2.04. The molecule has 0 atom stereocenters. The number of anilines is 1. The predicted octanol–water partition coefficient (Wildman–Crippen LogP) is 2.53. The molecule has 0 aromatic carbocycles. The molecule has 26 heavy (non-hydrogen) atoms. The van der Waals surface area contributed by atoms with Gasteiger partial charge in [-0.05, 0) is 44.2 Å². The first-order chi connectivity index (χ1) is 12.7. The van der Waals surface area contributed by atoms with Crippen molar-refractivity contribution in [3.63, 3.8) is 0 Å². The Balaban J connectivity index is 1.29. The molecule has 0 unspecified atom stereocenters. The van der Waals surface area contributed by atoms with E-state index in [9.17, 15) is 4.79 Å². The molecular formula is C18H25N7O. The second-order valence-corrected chi connectivity index (χ2v) is 6.44. The van der Waals surface area contributed by atoms with E-state index in [-0.39, 0.29) is 5.78 Å². The Hall–Kier alpha value is -2.90. The van der Waals surface area contributed by atoms with E-state index in [1.54, 1.807) is 18.5 Å². The van der Waals surface area contributed by atoms with Gasteiger partial charge in [0.2, 0.25) is 0 Å². The Labute approximate surface area is 152 Å². The minimum atomic E-state index is 0.134. The maximum Gasteiger partial charge on any atom is 0.197 e. The normalized spacial score (nSPS) is 11.1. The predicted molar refractivity (Wildman–Crippen MR) is 98.6 cm³/mol. The molecule has 0 fully saturated rings. The first-order valence-electron chi connectivity index (χ1n) is 9.05. The van der Waals surface area contributed by atoms with Gasteiger partial charge in [0.05, 0.1) is 17.6 Å². The van der Waals surface area contributed by atoms with Crippen LogP contribution >= 0.6 is 0 Å². The topological polar surface area (TPSA) is 118 Å². The summed E-state index contributed by atoms with van der Waals surface area (Å²) in [6.45, 7) is 0.709. The van der Waals surface area contributed by atoms with Gasteiger partial charge in [-0.25, -0.2) is 4.98 Å². The number of rotatable bonds is 11. The average Bonchev–Trinajstić information content (AvgIpc) is 3.37. The highest BCUT2D eigenvalue weighted by atomic mass is 16.1. The molecule has 8 heteroatoms. The van der Waals surface area contributed by atoms with Crippen LogP contribution in [0.1, 0.15) is 54.0 Å². The fourth-order valence-corrected chi connectivity index (χ4v) is 2.90. The summed E-state index contributed by atoms with van der Waals surface area (Å²) in [5.41, 5.74) is 8.32. The summed E-state index contributed by atoms with van der Waals surface area (Å²) in [6.07, 6.45) is 12.0. The van der Waals surface area contributed by atoms with Crippen molar-refractivity contribution >= 4 is 11.7 Å². The van der Waals surface area contributed by atoms with Crippen molar-refractivity contribution in [2.24, 2.45) is 0 Å². The summed E-state index contributed by atoms with van der Waals surface area (Å²) in [7, 11) is 0. The highest BCUT2D eigenvalue weighted by Gasteiger charge is 2.07. The Kier molecular flexibility index (Phi) is 6.19. The van der Waals surface area contributed by atoms with Gasteiger partial charge in [0.25, 0.3) is 0 Å². The van der Waals surface area contributed by atoms with E-state index in [2.05, 4.69) is 25.3 Å². The van der Waals surface area contributed by atoms with Crippen LogP contribution in [0.4, 0.5) is 5.95 Å². The molecule has 0 amide bonds. The molecule has 4 N–H and O–H groups in total.